The molecule has 116 valence electrons. The molecule has 1 amide bonds. The molecule has 0 radical (unpaired) electrons. The highest BCUT2D eigenvalue weighted by Crippen LogP contribution is 2.24. The van der Waals surface area contributed by atoms with E-state index in [4.69, 9.17) is 0 Å². The van der Waals surface area contributed by atoms with Crippen LogP contribution in [0, 0.1) is 13.8 Å². The number of hydrogen-bond donors (Lipinski definition) is 3. The van der Waals surface area contributed by atoms with E-state index in [1.165, 1.54) is 0 Å². The van der Waals surface area contributed by atoms with Gasteiger partial charge in [-0.3, -0.25) is 4.79 Å². The average molecular weight is 293 g/mol. The van der Waals surface area contributed by atoms with Crippen LogP contribution in [0.4, 0.5) is 0 Å². The minimum Gasteiger partial charge on any atom is -0.478 e. The van der Waals surface area contributed by atoms with E-state index in [1.807, 2.05) is 0 Å². The third-order valence-electron chi connectivity index (χ3n) is 4.02. The summed E-state index contributed by atoms with van der Waals surface area (Å²) in [6.07, 6.45) is 0. The lowest BCUT2D eigenvalue weighted by Crippen LogP contribution is -2.57. The monoisotopic (exact) mass is 293 g/mol. The molecule has 1 aromatic rings. The van der Waals surface area contributed by atoms with Crippen molar-refractivity contribution in [2.75, 3.05) is 0 Å². The van der Waals surface area contributed by atoms with Crippen molar-refractivity contribution in [3.05, 3.63) is 34.4 Å². The van der Waals surface area contributed by atoms with E-state index in [0.717, 1.165) is 0 Å². The summed E-state index contributed by atoms with van der Waals surface area (Å²) in [4.78, 5) is 24.0. The molecule has 0 spiro atoms. The maximum Gasteiger partial charge on any atom is 0.336 e. The van der Waals surface area contributed by atoms with Crippen LogP contribution in [0.5, 0.6) is 0 Å². The molecule has 5 heteroatoms. The second-order valence-corrected chi connectivity index (χ2v) is 6.39. The number of benzene rings is 1. The highest BCUT2D eigenvalue weighted by atomic mass is 16.4. The lowest BCUT2D eigenvalue weighted by molar-refractivity contribution is -0.00296. The van der Waals surface area contributed by atoms with Crippen LogP contribution in [0.3, 0.4) is 0 Å². The molecule has 0 fully saturated rings. The zero-order chi connectivity index (χ0) is 16.6. The Morgan fingerprint density at radius 2 is 1.43 bits per heavy atom. The van der Waals surface area contributed by atoms with Crippen molar-refractivity contribution in [1.29, 1.82) is 0 Å². The third kappa shape index (κ3) is 3.42. The van der Waals surface area contributed by atoms with Gasteiger partial charge in [0.1, 0.15) is 0 Å². The van der Waals surface area contributed by atoms with Gasteiger partial charge in [-0.15, -0.1) is 0 Å². The van der Waals surface area contributed by atoms with Crippen LogP contribution >= 0.6 is 0 Å². The molecule has 0 unspecified atom stereocenters. The fraction of sp³-hybridized carbons (Fsp3) is 0.500. The fourth-order valence-electron chi connectivity index (χ4n) is 1.88. The number of aryl methyl sites for hydroxylation is 2. The van der Waals surface area contributed by atoms with Gasteiger partial charge in [0, 0.05) is 0 Å². The molecule has 0 aliphatic rings. The van der Waals surface area contributed by atoms with Crippen molar-refractivity contribution >= 4 is 11.9 Å². The molecule has 0 heterocycles. The molecule has 0 saturated carbocycles. The number of carboxylic acids is 1. The number of aromatic carboxylic acids is 1. The first kappa shape index (κ1) is 17.2. The van der Waals surface area contributed by atoms with E-state index >= 15 is 0 Å². The summed E-state index contributed by atoms with van der Waals surface area (Å²) in [5.74, 6) is -1.64. The van der Waals surface area contributed by atoms with Gasteiger partial charge in [-0.05, 0) is 52.7 Å². The van der Waals surface area contributed by atoms with Gasteiger partial charge in [-0.2, -0.15) is 0 Å². The second-order valence-electron chi connectivity index (χ2n) is 6.39. The standard InChI is InChI=1S/C16H23NO4/c1-9-7-8-10(2)12(14(19)20)11(9)13(18)17-15(3,4)16(5,6)21/h7-8,21H,1-6H3,(H,17,18)(H,19,20). The first-order valence-electron chi connectivity index (χ1n) is 6.77. The predicted molar refractivity (Wildman–Crippen MR) is 80.7 cm³/mol. The molecule has 1 aromatic carbocycles. The van der Waals surface area contributed by atoms with Crippen molar-refractivity contribution in [2.45, 2.75) is 52.7 Å². The minimum atomic E-state index is -1.15. The fourth-order valence-corrected chi connectivity index (χ4v) is 1.88. The number of nitrogens with one attached hydrogen (secondary N) is 1. The van der Waals surface area contributed by atoms with Crippen LogP contribution in [-0.2, 0) is 0 Å². The first-order chi connectivity index (χ1) is 9.38. The smallest absolute Gasteiger partial charge is 0.336 e. The third-order valence-corrected chi connectivity index (χ3v) is 4.02. The molecule has 5 nitrogen and oxygen atoms in total. The van der Waals surface area contributed by atoms with E-state index in [0.29, 0.717) is 11.1 Å². The Hall–Kier alpha value is -1.88. The summed E-state index contributed by atoms with van der Waals surface area (Å²) < 4.78 is 0. The topological polar surface area (TPSA) is 86.6 Å². The molecule has 0 atom stereocenters. The van der Waals surface area contributed by atoms with E-state index in [2.05, 4.69) is 5.32 Å². The van der Waals surface area contributed by atoms with Crippen molar-refractivity contribution in [3.8, 4) is 0 Å². The van der Waals surface area contributed by atoms with Crippen LogP contribution in [-0.4, -0.2) is 33.2 Å². The Morgan fingerprint density at radius 3 is 1.81 bits per heavy atom. The maximum absolute atomic E-state index is 12.5. The van der Waals surface area contributed by atoms with E-state index in [9.17, 15) is 19.8 Å². The van der Waals surface area contributed by atoms with Gasteiger partial charge < -0.3 is 15.5 Å². The van der Waals surface area contributed by atoms with E-state index < -0.39 is 23.0 Å². The highest BCUT2D eigenvalue weighted by molar-refractivity contribution is 6.07. The van der Waals surface area contributed by atoms with Gasteiger partial charge in [0.25, 0.3) is 5.91 Å². The quantitative estimate of drug-likeness (QED) is 0.795. The highest BCUT2D eigenvalue weighted by Gasteiger charge is 2.37. The molecule has 0 saturated heterocycles. The minimum absolute atomic E-state index is 0.000883. The molecule has 0 aliphatic heterocycles. The number of amides is 1. The SMILES string of the molecule is Cc1ccc(C)c(C(=O)NC(C)(C)C(C)(C)O)c1C(=O)O. The van der Waals surface area contributed by atoms with E-state index in [1.54, 1.807) is 53.7 Å². The van der Waals surface area contributed by atoms with Crippen molar-refractivity contribution in [3.63, 3.8) is 0 Å². The van der Waals surface area contributed by atoms with Gasteiger partial charge in [-0.25, -0.2) is 4.79 Å². The van der Waals surface area contributed by atoms with Crippen LogP contribution in [0.25, 0.3) is 0 Å². The Labute approximate surface area is 125 Å². The largest absolute Gasteiger partial charge is 0.478 e. The number of carboxylic acid groups (broad SMARTS) is 1. The number of rotatable bonds is 4. The van der Waals surface area contributed by atoms with E-state index in [-0.39, 0.29) is 11.1 Å². The van der Waals surface area contributed by atoms with Crippen molar-refractivity contribution in [2.24, 2.45) is 0 Å². The van der Waals surface area contributed by atoms with Crippen LogP contribution in [0.15, 0.2) is 12.1 Å². The Morgan fingerprint density at radius 1 is 1.00 bits per heavy atom. The zero-order valence-corrected chi connectivity index (χ0v) is 13.4. The summed E-state index contributed by atoms with van der Waals surface area (Å²) >= 11 is 0. The normalized spacial score (nSPS) is 12.1. The molecule has 21 heavy (non-hydrogen) atoms. The van der Waals surface area contributed by atoms with Gasteiger partial charge in [0.15, 0.2) is 0 Å². The molecular weight excluding hydrogens is 270 g/mol. The Balaban J connectivity index is 3.33. The zero-order valence-electron chi connectivity index (χ0n) is 13.4. The molecule has 0 aliphatic carbocycles. The summed E-state index contributed by atoms with van der Waals surface area (Å²) in [5.41, 5.74) is -0.806. The molecule has 0 aromatic heterocycles. The molecule has 0 bridgehead atoms. The van der Waals surface area contributed by atoms with Gasteiger partial charge in [0.05, 0.1) is 22.3 Å². The number of hydrogen-bond acceptors (Lipinski definition) is 3. The van der Waals surface area contributed by atoms with Crippen LogP contribution in [0.1, 0.15) is 59.5 Å². The van der Waals surface area contributed by atoms with Crippen LogP contribution < -0.4 is 5.32 Å². The number of aliphatic hydroxyl groups is 1. The molecule has 1 rings (SSSR count). The number of carbonyl (C=O) groups excluding carboxylic acids is 1. The van der Waals surface area contributed by atoms with Gasteiger partial charge in [0.2, 0.25) is 0 Å². The van der Waals surface area contributed by atoms with Crippen LogP contribution in [0.2, 0.25) is 0 Å². The van der Waals surface area contributed by atoms with Gasteiger partial charge in [-0.1, -0.05) is 12.1 Å². The summed E-state index contributed by atoms with van der Waals surface area (Å²) in [5, 5.41) is 22.2. The lowest BCUT2D eigenvalue weighted by Gasteiger charge is -2.38. The van der Waals surface area contributed by atoms with Crippen molar-refractivity contribution < 1.29 is 19.8 Å². The number of carbonyl (C=O) groups is 2. The summed E-state index contributed by atoms with van der Waals surface area (Å²) in [6.45, 7) is 9.91. The molecular formula is C16H23NO4. The summed E-state index contributed by atoms with van der Waals surface area (Å²) in [7, 11) is 0. The van der Waals surface area contributed by atoms with Gasteiger partial charge >= 0.3 is 5.97 Å². The maximum atomic E-state index is 12.5. The second kappa shape index (κ2) is 5.48. The van der Waals surface area contributed by atoms with Crippen molar-refractivity contribution in [1.82, 2.24) is 5.32 Å². The average Bonchev–Trinajstić information content (AvgIpc) is 2.28. The molecule has 3 N–H and O–H groups in total. The first-order valence-corrected chi connectivity index (χ1v) is 6.77. The Kier molecular flexibility index (Phi) is 4.48. The Bertz CT molecular complexity index is 583. The lowest BCUT2D eigenvalue weighted by atomic mass is 9.85. The predicted octanol–water partition coefficient (Wildman–Crippen LogP) is 2.28. The summed E-state index contributed by atoms with van der Waals surface area (Å²) in [6, 6.07) is 3.39.